The largest absolute Gasteiger partial charge is 0.380 e. The molecule has 0 aromatic rings. The van der Waals surface area contributed by atoms with Crippen LogP contribution in [0.25, 0.3) is 0 Å². The number of rotatable bonds is 6. The van der Waals surface area contributed by atoms with E-state index in [0.29, 0.717) is 19.1 Å². The Balaban J connectivity index is 1.75. The van der Waals surface area contributed by atoms with Crippen LogP contribution < -0.4 is 5.73 Å². The fourth-order valence-electron chi connectivity index (χ4n) is 3.07. The molecule has 2 heterocycles. The zero-order valence-corrected chi connectivity index (χ0v) is 13.1. The van der Waals surface area contributed by atoms with Gasteiger partial charge in [0.15, 0.2) is 0 Å². The predicted octanol–water partition coefficient (Wildman–Crippen LogP) is 0.0635. The molecule has 2 N–H and O–H groups in total. The molecular formula is C15H29N3O3. The average Bonchev–Trinajstić information content (AvgIpc) is 2.89. The van der Waals surface area contributed by atoms with Crippen molar-refractivity contribution in [1.82, 2.24) is 9.80 Å². The first-order valence-corrected chi connectivity index (χ1v) is 8.07. The lowest BCUT2D eigenvalue weighted by molar-refractivity contribution is -0.133. The summed E-state index contributed by atoms with van der Waals surface area (Å²) >= 11 is 0. The lowest BCUT2D eigenvalue weighted by Crippen LogP contribution is -2.39. The third-order valence-electron chi connectivity index (χ3n) is 4.43. The Morgan fingerprint density at radius 2 is 2.19 bits per heavy atom. The van der Waals surface area contributed by atoms with Gasteiger partial charge < -0.3 is 20.1 Å². The predicted molar refractivity (Wildman–Crippen MR) is 81.1 cm³/mol. The molecule has 21 heavy (non-hydrogen) atoms. The summed E-state index contributed by atoms with van der Waals surface area (Å²) in [5.74, 6) is 0.159. The monoisotopic (exact) mass is 299 g/mol. The van der Waals surface area contributed by atoms with Gasteiger partial charge in [-0.1, -0.05) is 0 Å². The molecule has 2 rings (SSSR count). The first-order chi connectivity index (χ1) is 10.2. The fourth-order valence-corrected chi connectivity index (χ4v) is 3.07. The summed E-state index contributed by atoms with van der Waals surface area (Å²) < 4.78 is 10.9. The van der Waals surface area contributed by atoms with Crippen molar-refractivity contribution in [3.8, 4) is 0 Å². The van der Waals surface area contributed by atoms with E-state index in [9.17, 15) is 4.79 Å². The van der Waals surface area contributed by atoms with Gasteiger partial charge in [-0.2, -0.15) is 0 Å². The molecule has 0 radical (unpaired) electrons. The van der Waals surface area contributed by atoms with Crippen molar-refractivity contribution in [2.75, 3.05) is 53.0 Å². The summed E-state index contributed by atoms with van der Waals surface area (Å²) in [5, 5.41) is 0. The van der Waals surface area contributed by atoms with Gasteiger partial charge in [-0.15, -0.1) is 0 Å². The molecule has 2 aliphatic heterocycles. The molecule has 0 spiro atoms. The number of nitrogens with two attached hydrogens (primary N) is 1. The van der Waals surface area contributed by atoms with Gasteiger partial charge in [0.25, 0.3) is 0 Å². The van der Waals surface area contributed by atoms with E-state index in [1.165, 1.54) is 12.8 Å². The molecule has 2 fully saturated rings. The highest BCUT2D eigenvalue weighted by Gasteiger charge is 2.24. The number of hydrogen-bond acceptors (Lipinski definition) is 5. The van der Waals surface area contributed by atoms with Crippen molar-refractivity contribution >= 4 is 5.91 Å². The van der Waals surface area contributed by atoms with E-state index in [2.05, 4.69) is 4.90 Å². The molecule has 122 valence electrons. The summed E-state index contributed by atoms with van der Waals surface area (Å²) in [5.41, 5.74) is 5.59. The van der Waals surface area contributed by atoms with E-state index in [1.54, 1.807) is 7.11 Å². The van der Waals surface area contributed by atoms with Crippen LogP contribution in [0.5, 0.6) is 0 Å². The van der Waals surface area contributed by atoms with E-state index < -0.39 is 0 Å². The van der Waals surface area contributed by atoms with E-state index >= 15 is 0 Å². The van der Waals surface area contributed by atoms with Crippen molar-refractivity contribution in [1.29, 1.82) is 0 Å². The van der Waals surface area contributed by atoms with E-state index in [0.717, 1.165) is 45.8 Å². The molecule has 2 saturated heterocycles. The third-order valence-corrected chi connectivity index (χ3v) is 4.43. The van der Waals surface area contributed by atoms with Crippen molar-refractivity contribution in [2.24, 2.45) is 5.73 Å². The van der Waals surface area contributed by atoms with Crippen LogP contribution >= 0.6 is 0 Å². The molecule has 0 bridgehead atoms. The molecular weight excluding hydrogens is 270 g/mol. The number of hydrogen-bond donors (Lipinski definition) is 1. The Morgan fingerprint density at radius 1 is 1.33 bits per heavy atom. The highest BCUT2D eigenvalue weighted by molar-refractivity contribution is 5.76. The van der Waals surface area contributed by atoms with Crippen LogP contribution in [0.4, 0.5) is 0 Å². The summed E-state index contributed by atoms with van der Waals surface area (Å²) in [4.78, 5) is 16.7. The van der Waals surface area contributed by atoms with Crippen molar-refractivity contribution in [2.45, 2.75) is 37.9 Å². The molecule has 6 nitrogen and oxygen atoms in total. The quantitative estimate of drug-likeness (QED) is 0.751. The Kier molecular flexibility index (Phi) is 6.89. The maximum atomic E-state index is 12.3. The molecule has 0 aliphatic carbocycles. The van der Waals surface area contributed by atoms with Crippen molar-refractivity contribution in [3.05, 3.63) is 0 Å². The first kappa shape index (κ1) is 16.7. The smallest absolute Gasteiger partial charge is 0.225 e. The second kappa shape index (κ2) is 8.68. The SMILES string of the molecule is COC(CN)CC(=O)N1CCCN(CC2CCCO2)CC1. The van der Waals surface area contributed by atoms with Crippen LogP contribution in [0.1, 0.15) is 25.7 Å². The van der Waals surface area contributed by atoms with Gasteiger partial charge in [-0.05, 0) is 25.8 Å². The highest BCUT2D eigenvalue weighted by Crippen LogP contribution is 2.15. The fraction of sp³-hybridized carbons (Fsp3) is 0.933. The first-order valence-electron chi connectivity index (χ1n) is 8.07. The molecule has 2 atom stereocenters. The van der Waals surface area contributed by atoms with E-state index in [-0.39, 0.29) is 12.0 Å². The van der Waals surface area contributed by atoms with Gasteiger partial charge in [0.1, 0.15) is 0 Å². The normalized spacial score (nSPS) is 25.8. The van der Waals surface area contributed by atoms with E-state index in [4.69, 9.17) is 15.2 Å². The van der Waals surface area contributed by atoms with Gasteiger partial charge in [0, 0.05) is 46.4 Å². The summed E-state index contributed by atoms with van der Waals surface area (Å²) in [6.45, 7) is 5.92. The van der Waals surface area contributed by atoms with Crippen LogP contribution in [0.3, 0.4) is 0 Å². The Bertz CT molecular complexity index is 317. The third kappa shape index (κ3) is 5.21. The van der Waals surface area contributed by atoms with Crippen molar-refractivity contribution < 1.29 is 14.3 Å². The lowest BCUT2D eigenvalue weighted by Gasteiger charge is -2.24. The number of carbonyl (C=O) groups excluding carboxylic acids is 1. The van der Waals surface area contributed by atoms with Crippen LogP contribution in [0, 0.1) is 0 Å². The van der Waals surface area contributed by atoms with Gasteiger partial charge in [0.05, 0.1) is 18.6 Å². The number of nitrogens with zero attached hydrogens (tertiary/aromatic N) is 2. The van der Waals surface area contributed by atoms with Crippen LogP contribution in [-0.4, -0.2) is 80.9 Å². The van der Waals surface area contributed by atoms with Crippen LogP contribution in [0.15, 0.2) is 0 Å². The second-order valence-corrected chi connectivity index (χ2v) is 5.97. The summed E-state index contributed by atoms with van der Waals surface area (Å²) in [6, 6.07) is 0. The summed E-state index contributed by atoms with van der Waals surface area (Å²) in [6.07, 6.45) is 3.99. The molecule has 6 heteroatoms. The zero-order valence-electron chi connectivity index (χ0n) is 13.1. The van der Waals surface area contributed by atoms with Gasteiger partial charge in [-0.25, -0.2) is 0 Å². The molecule has 0 aromatic heterocycles. The second-order valence-electron chi connectivity index (χ2n) is 5.97. The molecule has 0 aromatic carbocycles. The zero-order chi connectivity index (χ0) is 15.1. The molecule has 2 unspecified atom stereocenters. The number of amides is 1. The van der Waals surface area contributed by atoms with Gasteiger partial charge in [0.2, 0.25) is 5.91 Å². The Labute approximate surface area is 127 Å². The van der Waals surface area contributed by atoms with Crippen LogP contribution in [-0.2, 0) is 14.3 Å². The van der Waals surface area contributed by atoms with Crippen molar-refractivity contribution in [3.63, 3.8) is 0 Å². The van der Waals surface area contributed by atoms with Crippen LogP contribution in [0.2, 0.25) is 0 Å². The maximum Gasteiger partial charge on any atom is 0.225 e. The molecule has 2 aliphatic rings. The van der Waals surface area contributed by atoms with E-state index in [1.807, 2.05) is 4.90 Å². The minimum atomic E-state index is -0.163. The minimum absolute atomic E-state index is 0.159. The lowest BCUT2D eigenvalue weighted by atomic mass is 10.2. The topological polar surface area (TPSA) is 68.0 Å². The number of carbonyl (C=O) groups is 1. The number of ether oxygens (including phenoxy) is 2. The average molecular weight is 299 g/mol. The standard InChI is InChI=1S/C15H29N3O3/c1-20-14(11-16)10-15(19)18-6-3-5-17(7-8-18)12-13-4-2-9-21-13/h13-14H,2-12,16H2,1H3. The highest BCUT2D eigenvalue weighted by atomic mass is 16.5. The van der Waals surface area contributed by atoms with Gasteiger partial charge >= 0.3 is 0 Å². The Morgan fingerprint density at radius 3 is 2.86 bits per heavy atom. The number of methoxy groups -OCH3 is 1. The minimum Gasteiger partial charge on any atom is -0.380 e. The summed E-state index contributed by atoms with van der Waals surface area (Å²) in [7, 11) is 1.61. The molecule has 0 saturated carbocycles. The maximum absolute atomic E-state index is 12.3. The molecule has 1 amide bonds. The van der Waals surface area contributed by atoms with Gasteiger partial charge in [-0.3, -0.25) is 9.69 Å². The Hall–Kier alpha value is -0.690.